The van der Waals surface area contributed by atoms with Crippen molar-refractivity contribution in [1.82, 2.24) is 14.8 Å². The largest absolute Gasteiger partial charge is 0.320 e. The lowest BCUT2D eigenvalue weighted by Gasteiger charge is -2.07. The van der Waals surface area contributed by atoms with Crippen LogP contribution in [-0.2, 0) is 11.3 Å². The molecule has 9 heteroatoms. The first-order chi connectivity index (χ1) is 14.4. The smallest absolute Gasteiger partial charge is 0.260 e. The third-order valence-electron chi connectivity index (χ3n) is 4.76. The lowest BCUT2D eigenvalue weighted by molar-refractivity contribution is -0.117. The quantitative estimate of drug-likeness (QED) is 0.621. The first kappa shape index (κ1) is 20.0. The van der Waals surface area contributed by atoms with Gasteiger partial charge in [-0.05, 0) is 49.6 Å². The fourth-order valence-electron chi connectivity index (χ4n) is 2.99. The van der Waals surface area contributed by atoms with Crippen LogP contribution in [0.1, 0.15) is 34.5 Å². The van der Waals surface area contributed by atoms with Gasteiger partial charge in [0.2, 0.25) is 5.91 Å². The summed E-state index contributed by atoms with van der Waals surface area (Å²) >= 11 is 6.39. The van der Waals surface area contributed by atoms with E-state index in [2.05, 4.69) is 20.7 Å². The zero-order valence-electron chi connectivity index (χ0n) is 16.2. The summed E-state index contributed by atoms with van der Waals surface area (Å²) in [7, 11) is 0. The van der Waals surface area contributed by atoms with E-state index in [1.54, 1.807) is 31.2 Å². The number of carbonyl (C=O) groups is 2. The molecule has 3 aromatic rings. The molecule has 154 valence electrons. The minimum Gasteiger partial charge on any atom is -0.320 e. The maximum atomic E-state index is 13.1. The van der Waals surface area contributed by atoms with Crippen LogP contribution in [0.25, 0.3) is 0 Å². The normalized spacial score (nSPS) is 13.2. The van der Waals surface area contributed by atoms with Gasteiger partial charge in [-0.1, -0.05) is 23.7 Å². The average molecular weight is 428 g/mol. The number of aryl methyl sites for hydroxylation is 1. The van der Waals surface area contributed by atoms with Crippen LogP contribution in [0, 0.1) is 18.7 Å². The summed E-state index contributed by atoms with van der Waals surface area (Å²) in [4.78, 5) is 28.7. The maximum absolute atomic E-state index is 13.1. The minimum atomic E-state index is -0.417. The average Bonchev–Trinajstić information content (AvgIpc) is 3.52. The molecule has 0 bridgehead atoms. The third-order valence-corrected chi connectivity index (χ3v) is 5.14. The highest BCUT2D eigenvalue weighted by atomic mass is 35.5. The van der Waals surface area contributed by atoms with Gasteiger partial charge in [-0.15, -0.1) is 0 Å². The van der Waals surface area contributed by atoms with Gasteiger partial charge < -0.3 is 10.6 Å². The van der Waals surface area contributed by atoms with E-state index in [4.69, 9.17) is 11.6 Å². The monoisotopic (exact) mass is 427 g/mol. The summed E-state index contributed by atoms with van der Waals surface area (Å²) in [6, 6.07) is 9.27. The molecule has 0 radical (unpaired) electrons. The number of hydrogen-bond acceptors (Lipinski definition) is 4. The van der Waals surface area contributed by atoms with Crippen LogP contribution in [0.2, 0.25) is 5.15 Å². The topological polar surface area (TPSA) is 88.9 Å². The number of carbonyl (C=O) groups excluding carboxylic acids is 2. The van der Waals surface area contributed by atoms with Crippen LogP contribution >= 0.6 is 11.6 Å². The highest BCUT2D eigenvalue weighted by Gasteiger charge is 2.29. The molecule has 30 heavy (non-hydrogen) atoms. The Morgan fingerprint density at radius 3 is 2.53 bits per heavy atom. The Kier molecular flexibility index (Phi) is 5.50. The molecule has 1 aromatic carbocycles. The molecule has 2 aromatic heterocycles. The number of rotatable bonds is 6. The summed E-state index contributed by atoms with van der Waals surface area (Å²) in [6.07, 6.45) is 3.29. The molecule has 0 unspecified atom stereocenters. The number of pyridine rings is 1. The van der Waals surface area contributed by atoms with Gasteiger partial charge in [0.15, 0.2) is 0 Å². The third kappa shape index (κ3) is 4.49. The highest BCUT2D eigenvalue weighted by molar-refractivity contribution is 6.33. The molecule has 7 nitrogen and oxygen atoms in total. The van der Waals surface area contributed by atoms with Crippen molar-refractivity contribution in [2.75, 3.05) is 10.6 Å². The number of nitrogens with zero attached hydrogens (tertiary/aromatic N) is 3. The van der Waals surface area contributed by atoms with E-state index in [1.807, 2.05) is 0 Å². The van der Waals surface area contributed by atoms with Crippen LogP contribution in [0.15, 0.2) is 42.6 Å². The summed E-state index contributed by atoms with van der Waals surface area (Å²) in [5, 5.41) is 10.00. The van der Waals surface area contributed by atoms with Gasteiger partial charge in [0.25, 0.3) is 5.91 Å². The second kappa shape index (κ2) is 8.23. The molecule has 2 heterocycles. The summed E-state index contributed by atoms with van der Waals surface area (Å²) in [5.74, 6) is -0.253. The Hall–Kier alpha value is -3.26. The van der Waals surface area contributed by atoms with E-state index in [9.17, 15) is 14.0 Å². The van der Waals surface area contributed by atoms with Crippen molar-refractivity contribution < 1.29 is 14.0 Å². The molecule has 1 aliphatic rings. The second-order valence-corrected chi connectivity index (χ2v) is 7.54. The number of hydrogen-bond donors (Lipinski definition) is 2. The summed E-state index contributed by atoms with van der Waals surface area (Å²) in [6.45, 7) is 2.00. The Morgan fingerprint density at radius 1 is 1.17 bits per heavy atom. The molecule has 1 aliphatic carbocycles. The van der Waals surface area contributed by atoms with Gasteiger partial charge in [-0.3, -0.25) is 9.59 Å². The van der Waals surface area contributed by atoms with Gasteiger partial charge in [0, 0.05) is 5.92 Å². The summed E-state index contributed by atoms with van der Waals surface area (Å²) in [5.41, 5.74) is 2.00. The van der Waals surface area contributed by atoms with E-state index in [0.717, 1.165) is 18.4 Å². The fraction of sp³-hybridized carbons (Fsp3) is 0.238. The van der Waals surface area contributed by atoms with E-state index in [0.29, 0.717) is 23.7 Å². The zero-order valence-corrected chi connectivity index (χ0v) is 16.9. The van der Waals surface area contributed by atoms with Crippen molar-refractivity contribution in [3.05, 3.63) is 70.4 Å². The SMILES string of the molecule is Cc1nn(Cc2ccc(F)cc2)c(Cl)c1C(=O)Nc1ccc(NC(=O)C2CC2)nc1. The van der Waals surface area contributed by atoms with Gasteiger partial charge in [0.05, 0.1) is 29.7 Å². The van der Waals surface area contributed by atoms with Crippen molar-refractivity contribution in [2.45, 2.75) is 26.3 Å². The molecule has 1 saturated carbocycles. The van der Waals surface area contributed by atoms with E-state index >= 15 is 0 Å². The van der Waals surface area contributed by atoms with Crippen molar-refractivity contribution in [1.29, 1.82) is 0 Å². The van der Waals surface area contributed by atoms with E-state index < -0.39 is 5.91 Å². The number of anilines is 2. The molecular weight excluding hydrogens is 409 g/mol. The number of nitrogens with one attached hydrogen (secondary N) is 2. The molecule has 0 saturated heterocycles. The van der Waals surface area contributed by atoms with Gasteiger partial charge in [-0.2, -0.15) is 5.10 Å². The maximum Gasteiger partial charge on any atom is 0.260 e. The molecule has 2 N–H and O–H groups in total. The van der Waals surface area contributed by atoms with Crippen LogP contribution in [0.4, 0.5) is 15.9 Å². The number of halogens is 2. The van der Waals surface area contributed by atoms with Crippen molar-refractivity contribution in [3.8, 4) is 0 Å². The zero-order chi connectivity index (χ0) is 21.3. The molecule has 4 rings (SSSR count). The van der Waals surface area contributed by atoms with Gasteiger partial charge in [0.1, 0.15) is 16.8 Å². The summed E-state index contributed by atoms with van der Waals surface area (Å²) < 4.78 is 14.6. The predicted molar refractivity (Wildman–Crippen MR) is 111 cm³/mol. The lowest BCUT2D eigenvalue weighted by atomic mass is 10.2. The molecule has 0 aliphatic heterocycles. The van der Waals surface area contributed by atoms with Crippen LogP contribution in [-0.4, -0.2) is 26.6 Å². The minimum absolute atomic E-state index is 0.0322. The molecule has 0 spiro atoms. The number of benzene rings is 1. The van der Waals surface area contributed by atoms with Crippen molar-refractivity contribution >= 4 is 34.9 Å². The first-order valence-electron chi connectivity index (χ1n) is 9.46. The van der Waals surface area contributed by atoms with E-state index in [-0.39, 0.29) is 28.4 Å². The van der Waals surface area contributed by atoms with Crippen LogP contribution in [0.3, 0.4) is 0 Å². The van der Waals surface area contributed by atoms with Gasteiger partial charge in [-0.25, -0.2) is 14.1 Å². The molecule has 2 amide bonds. The Labute approximate surface area is 177 Å². The van der Waals surface area contributed by atoms with Crippen LogP contribution in [0.5, 0.6) is 0 Å². The van der Waals surface area contributed by atoms with E-state index in [1.165, 1.54) is 23.0 Å². The first-order valence-corrected chi connectivity index (χ1v) is 9.84. The van der Waals surface area contributed by atoms with Crippen molar-refractivity contribution in [3.63, 3.8) is 0 Å². The number of amides is 2. The fourth-order valence-corrected chi connectivity index (χ4v) is 3.31. The Morgan fingerprint density at radius 2 is 1.90 bits per heavy atom. The molecule has 1 fully saturated rings. The molecular formula is C21H19ClFN5O2. The Bertz CT molecular complexity index is 1090. The predicted octanol–water partition coefficient (Wildman–Crippen LogP) is 4.03. The number of aromatic nitrogens is 3. The second-order valence-electron chi connectivity index (χ2n) is 7.19. The van der Waals surface area contributed by atoms with Crippen LogP contribution < -0.4 is 10.6 Å². The lowest BCUT2D eigenvalue weighted by Crippen LogP contribution is -2.15. The Balaban J connectivity index is 1.44. The standard InChI is InChI=1S/C21H19ClFN5O2/c1-12-18(19(22)28(27-12)11-13-2-6-15(23)7-3-13)21(30)25-16-8-9-17(24-10-16)26-20(29)14-4-5-14/h2-3,6-10,14H,4-5,11H2,1H3,(H,25,30)(H,24,26,29). The van der Waals surface area contributed by atoms with Gasteiger partial charge >= 0.3 is 0 Å². The van der Waals surface area contributed by atoms with Crippen molar-refractivity contribution in [2.24, 2.45) is 5.92 Å². The highest BCUT2D eigenvalue weighted by Crippen LogP contribution is 2.30. The molecule has 0 atom stereocenters.